The Bertz CT molecular complexity index is 765. The molecule has 1 spiro atoms. The number of carbonyl (C=O) groups is 1. The summed E-state index contributed by atoms with van der Waals surface area (Å²) in [7, 11) is 0. The first-order chi connectivity index (χ1) is 11.5. The molecule has 0 saturated heterocycles. The van der Waals surface area contributed by atoms with Gasteiger partial charge < -0.3 is 15.5 Å². The third kappa shape index (κ3) is 2.85. The van der Waals surface area contributed by atoms with Crippen LogP contribution >= 0.6 is 15.9 Å². The molecule has 3 N–H and O–H groups in total. The van der Waals surface area contributed by atoms with E-state index in [2.05, 4.69) is 21.2 Å². The zero-order valence-corrected chi connectivity index (χ0v) is 15.0. The molecule has 0 atom stereocenters. The molecule has 136 valence electrons. The van der Waals surface area contributed by atoms with Gasteiger partial charge in [0, 0.05) is 4.47 Å². The van der Waals surface area contributed by atoms with Gasteiger partial charge in [-0.2, -0.15) is 13.2 Å². The Morgan fingerprint density at radius 3 is 2.36 bits per heavy atom. The van der Waals surface area contributed by atoms with Crippen LogP contribution in [0.1, 0.15) is 36.8 Å². The van der Waals surface area contributed by atoms with Crippen molar-refractivity contribution in [1.82, 2.24) is 5.32 Å². The Kier molecular flexibility index (Phi) is 4.19. The maximum atomic E-state index is 13.0. The Hall–Kier alpha value is -1.54. The fourth-order valence-electron chi connectivity index (χ4n) is 3.53. The number of carbonyl (C=O) groups excluding carboxylic acids is 1. The highest BCUT2D eigenvalue weighted by atomic mass is 79.9. The van der Waals surface area contributed by atoms with Gasteiger partial charge in [-0.1, -0.05) is 22.0 Å². The fraction of sp³-hybridized carbons (Fsp3) is 0.471. The first kappa shape index (κ1) is 18.3. The van der Waals surface area contributed by atoms with Crippen LogP contribution in [-0.2, 0) is 4.79 Å². The normalized spacial score (nSPS) is 30.1. The Morgan fingerprint density at radius 2 is 1.80 bits per heavy atom. The number of aliphatic hydroxyl groups excluding tert-OH is 1. The minimum absolute atomic E-state index is 0.0799. The van der Waals surface area contributed by atoms with Crippen molar-refractivity contribution in [3.63, 3.8) is 0 Å². The van der Waals surface area contributed by atoms with E-state index in [1.54, 1.807) is 25.1 Å². The van der Waals surface area contributed by atoms with Crippen molar-refractivity contribution in [3.8, 4) is 0 Å². The quantitative estimate of drug-likeness (QED) is 0.648. The van der Waals surface area contributed by atoms with Crippen molar-refractivity contribution in [2.24, 2.45) is 0 Å². The summed E-state index contributed by atoms with van der Waals surface area (Å²) in [6.07, 6.45) is -6.26. The third-order valence-corrected chi connectivity index (χ3v) is 5.69. The van der Waals surface area contributed by atoms with Gasteiger partial charge in [0.25, 0.3) is 5.91 Å². The van der Waals surface area contributed by atoms with Crippen molar-refractivity contribution in [3.05, 3.63) is 39.6 Å². The second-order valence-electron chi connectivity index (χ2n) is 6.75. The highest BCUT2D eigenvalue weighted by Gasteiger charge is 2.59. The van der Waals surface area contributed by atoms with Gasteiger partial charge in [0.15, 0.2) is 5.60 Å². The number of hydrogen-bond donors (Lipinski definition) is 3. The molecule has 1 aliphatic heterocycles. The molecule has 3 rings (SSSR count). The number of hydrogen-bond acceptors (Lipinski definition) is 3. The molecule has 1 aromatic rings. The van der Waals surface area contributed by atoms with E-state index in [0.717, 1.165) is 10.0 Å². The number of halogens is 4. The van der Waals surface area contributed by atoms with Gasteiger partial charge in [0.05, 0.1) is 11.1 Å². The summed E-state index contributed by atoms with van der Waals surface area (Å²) in [5.74, 6) is -0.765. The fourth-order valence-corrected chi connectivity index (χ4v) is 3.90. The summed E-state index contributed by atoms with van der Waals surface area (Å²) in [5.41, 5.74) is -2.66. The molecule has 25 heavy (non-hydrogen) atoms. The molecule has 1 aromatic carbocycles. The summed E-state index contributed by atoms with van der Waals surface area (Å²) in [4.78, 5) is 12.5. The molecule has 0 radical (unpaired) electrons. The largest absolute Gasteiger partial charge is 0.509 e. The van der Waals surface area contributed by atoms with E-state index < -0.39 is 36.1 Å². The van der Waals surface area contributed by atoms with E-state index in [0.29, 0.717) is 5.56 Å². The van der Waals surface area contributed by atoms with Gasteiger partial charge in [-0.25, -0.2) is 0 Å². The molecule has 4 nitrogen and oxygen atoms in total. The van der Waals surface area contributed by atoms with Gasteiger partial charge in [-0.05, 0) is 55.9 Å². The first-order valence-corrected chi connectivity index (χ1v) is 8.60. The predicted octanol–water partition coefficient (Wildman–Crippen LogP) is 3.76. The van der Waals surface area contributed by atoms with E-state index in [9.17, 15) is 28.2 Å². The van der Waals surface area contributed by atoms with E-state index in [-0.39, 0.29) is 24.2 Å². The molecular weight excluding hydrogens is 403 g/mol. The van der Waals surface area contributed by atoms with Crippen molar-refractivity contribution < 1.29 is 28.2 Å². The van der Waals surface area contributed by atoms with Crippen LogP contribution in [0.4, 0.5) is 13.2 Å². The number of amides is 1. The summed E-state index contributed by atoms with van der Waals surface area (Å²) in [6, 6.07) is 5.26. The average molecular weight is 420 g/mol. The van der Waals surface area contributed by atoms with E-state index in [1.807, 2.05) is 0 Å². The molecule has 0 unspecified atom stereocenters. The molecule has 0 aromatic heterocycles. The van der Waals surface area contributed by atoms with E-state index >= 15 is 0 Å². The molecule has 2 aliphatic rings. The second kappa shape index (κ2) is 5.74. The van der Waals surface area contributed by atoms with Gasteiger partial charge in [-0.15, -0.1) is 0 Å². The topological polar surface area (TPSA) is 69.6 Å². The zero-order valence-electron chi connectivity index (χ0n) is 13.4. The van der Waals surface area contributed by atoms with Crippen molar-refractivity contribution in [1.29, 1.82) is 0 Å². The lowest BCUT2D eigenvalue weighted by atomic mass is 9.73. The standard InChI is InChI=1S/C17H17BrF3NO3/c1-9-2-3-10(18)8-11(9)12-13(23)15(22-14(12)24)4-6-16(25,7-5-15)17(19,20)21/h2-3,8,23,25H,4-7H2,1H3,(H,22,24)/t15-,16+. The molecule has 1 amide bonds. The number of benzene rings is 1. The molecular formula is C17H17BrF3NO3. The molecule has 1 saturated carbocycles. The maximum Gasteiger partial charge on any atom is 0.417 e. The number of rotatable bonds is 1. The molecule has 0 bridgehead atoms. The van der Waals surface area contributed by atoms with Gasteiger partial charge in [0.2, 0.25) is 0 Å². The summed E-state index contributed by atoms with van der Waals surface area (Å²) in [6.45, 7) is 1.78. The number of aliphatic hydroxyl groups is 2. The molecule has 1 fully saturated rings. The highest BCUT2D eigenvalue weighted by molar-refractivity contribution is 9.10. The van der Waals surface area contributed by atoms with Crippen LogP contribution in [0.15, 0.2) is 28.4 Å². The molecule has 1 heterocycles. The maximum absolute atomic E-state index is 13.0. The van der Waals surface area contributed by atoms with Crippen molar-refractivity contribution >= 4 is 27.4 Å². The van der Waals surface area contributed by atoms with Crippen LogP contribution in [-0.4, -0.2) is 33.4 Å². The number of aryl methyl sites for hydroxylation is 1. The van der Waals surface area contributed by atoms with Gasteiger partial charge in [-0.3, -0.25) is 4.79 Å². The Labute approximate surface area is 150 Å². The molecule has 1 aliphatic carbocycles. The number of nitrogens with one attached hydrogen (secondary N) is 1. The highest BCUT2D eigenvalue weighted by Crippen LogP contribution is 2.49. The van der Waals surface area contributed by atoms with Gasteiger partial charge >= 0.3 is 6.18 Å². The van der Waals surface area contributed by atoms with Crippen LogP contribution < -0.4 is 5.32 Å². The lowest BCUT2D eigenvalue weighted by molar-refractivity contribution is -0.272. The predicted molar refractivity (Wildman–Crippen MR) is 88.8 cm³/mol. The minimum Gasteiger partial charge on any atom is -0.509 e. The Morgan fingerprint density at radius 1 is 1.20 bits per heavy atom. The second-order valence-corrected chi connectivity index (χ2v) is 7.66. The van der Waals surface area contributed by atoms with Crippen molar-refractivity contribution in [2.75, 3.05) is 0 Å². The first-order valence-electron chi connectivity index (χ1n) is 7.81. The molecule has 8 heteroatoms. The summed E-state index contributed by atoms with van der Waals surface area (Å²) < 4.78 is 39.7. The van der Waals surface area contributed by atoms with Gasteiger partial charge in [0.1, 0.15) is 5.76 Å². The minimum atomic E-state index is -4.74. The Balaban J connectivity index is 1.98. The van der Waals surface area contributed by atoms with Crippen molar-refractivity contribution in [2.45, 2.75) is 49.9 Å². The lowest BCUT2D eigenvalue weighted by Crippen LogP contribution is -2.56. The number of alkyl halides is 3. The summed E-state index contributed by atoms with van der Waals surface area (Å²) in [5, 5.41) is 23.2. The third-order valence-electron chi connectivity index (χ3n) is 5.20. The van der Waals surface area contributed by atoms with Crippen LogP contribution in [0.5, 0.6) is 0 Å². The summed E-state index contributed by atoms with van der Waals surface area (Å²) >= 11 is 3.31. The SMILES string of the molecule is Cc1ccc(Br)cc1C1=C(O)[C@]2(CC[C@@](O)(C(F)(F)F)CC2)NC1=O. The monoisotopic (exact) mass is 419 g/mol. The van der Waals surface area contributed by atoms with Crippen LogP contribution in [0.3, 0.4) is 0 Å². The van der Waals surface area contributed by atoms with Crippen LogP contribution in [0.25, 0.3) is 5.57 Å². The van der Waals surface area contributed by atoms with E-state index in [1.165, 1.54) is 0 Å². The average Bonchev–Trinajstić information content (AvgIpc) is 2.75. The zero-order chi connectivity index (χ0) is 18.6. The smallest absolute Gasteiger partial charge is 0.417 e. The van der Waals surface area contributed by atoms with E-state index in [4.69, 9.17) is 0 Å². The lowest BCUT2D eigenvalue weighted by Gasteiger charge is -2.42. The van der Waals surface area contributed by atoms with Crippen LogP contribution in [0, 0.1) is 6.92 Å². The van der Waals surface area contributed by atoms with Crippen LogP contribution in [0.2, 0.25) is 0 Å².